The molecule has 2 aliphatic rings. The van der Waals surface area contributed by atoms with Gasteiger partial charge in [0.15, 0.2) is 0 Å². The van der Waals surface area contributed by atoms with Crippen LogP contribution in [0.2, 0.25) is 0 Å². The van der Waals surface area contributed by atoms with Crippen molar-refractivity contribution in [3.63, 3.8) is 0 Å². The van der Waals surface area contributed by atoms with Crippen LogP contribution in [0.25, 0.3) is 0 Å². The van der Waals surface area contributed by atoms with E-state index in [9.17, 15) is 9.59 Å². The number of carbonyl (C=O) groups is 1. The van der Waals surface area contributed by atoms with E-state index in [1.54, 1.807) is 19.3 Å². The van der Waals surface area contributed by atoms with E-state index >= 15 is 0 Å². The topological polar surface area (TPSA) is 63.6 Å². The zero-order valence-electron chi connectivity index (χ0n) is 12.5. The van der Waals surface area contributed by atoms with E-state index in [2.05, 4.69) is 5.32 Å². The first-order valence-corrected chi connectivity index (χ1v) is 7.38. The van der Waals surface area contributed by atoms with Crippen molar-refractivity contribution in [2.45, 2.75) is 37.9 Å². The molecule has 6 heteroatoms. The van der Waals surface area contributed by atoms with Gasteiger partial charge in [0.2, 0.25) is 5.56 Å². The van der Waals surface area contributed by atoms with Crippen LogP contribution >= 0.6 is 0 Å². The molecular formula is C15H21N3O3. The Bertz CT molecular complexity index is 606. The Balaban J connectivity index is 1.69. The Labute approximate surface area is 123 Å². The summed E-state index contributed by atoms with van der Waals surface area (Å²) in [7, 11) is 1.66. The number of aromatic nitrogens is 1. The number of aryl methyl sites for hydroxylation is 1. The molecule has 1 unspecified atom stereocenters. The molecule has 0 aromatic carbocycles. The minimum atomic E-state index is -0.130. The Kier molecular flexibility index (Phi) is 3.49. The largest absolute Gasteiger partial charge is 0.368 e. The fourth-order valence-corrected chi connectivity index (χ4v) is 3.10. The summed E-state index contributed by atoms with van der Waals surface area (Å²) >= 11 is 0. The smallest absolute Gasteiger partial charge is 0.322 e. The van der Waals surface area contributed by atoms with Gasteiger partial charge in [-0.15, -0.1) is 0 Å². The summed E-state index contributed by atoms with van der Waals surface area (Å²) < 4.78 is 7.46. The van der Waals surface area contributed by atoms with Crippen LogP contribution < -0.4 is 10.9 Å². The van der Waals surface area contributed by atoms with Crippen LogP contribution in [-0.2, 0) is 11.8 Å². The zero-order chi connectivity index (χ0) is 15.0. The van der Waals surface area contributed by atoms with Crippen molar-refractivity contribution in [1.82, 2.24) is 9.47 Å². The van der Waals surface area contributed by atoms with Crippen LogP contribution in [0.3, 0.4) is 0 Å². The number of morpholine rings is 1. The summed E-state index contributed by atoms with van der Waals surface area (Å²) in [5.74, 6) is 0. The number of pyridine rings is 1. The van der Waals surface area contributed by atoms with Crippen molar-refractivity contribution in [1.29, 1.82) is 0 Å². The van der Waals surface area contributed by atoms with E-state index in [1.165, 1.54) is 17.1 Å². The molecule has 1 saturated heterocycles. The first-order chi connectivity index (χ1) is 9.97. The lowest BCUT2D eigenvalue weighted by molar-refractivity contribution is -0.174. The summed E-state index contributed by atoms with van der Waals surface area (Å²) in [6, 6.07) is 2.95. The predicted octanol–water partition coefficient (Wildman–Crippen LogP) is 1.56. The van der Waals surface area contributed by atoms with E-state index in [-0.39, 0.29) is 23.3 Å². The average Bonchev–Trinajstić information content (AvgIpc) is 2.40. The Morgan fingerprint density at radius 1 is 1.43 bits per heavy atom. The maximum absolute atomic E-state index is 12.4. The second kappa shape index (κ2) is 5.18. The zero-order valence-corrected chi connectivity index (χ0v) is 12.5. The first-order valence-electron chi connectivity index (χ1n) is 7.38. The number of ether oxygens (including phenoxy) is 1. The highest BCUT2D eigenvalue weighted by molar-refractivity contribution is 5.89. The van der Waals surface area contributed by atoms with Crippen molar-refractivity contribution in [2.75, 3.05) is 18.4 Å². The molecule has 1 N–H and O–H groups in total. The molecule has 2 fully saturated rings. The van der Waals surface area contributed by atoms with E-state index in [1.807, 2.05) is 11.8 Å². The highest BCUT2D eigenvalue weighted by Crippen LogP contribution is 2.39. The minimum absolute atomic E-state index is 0.0601. The Hall–Kier alpha value is -1.82. The summed E-state index contributed by atoms with van der Waals surface area (Å²) in [4.78, 5) is 25.6. The molecule has 3 rings (SSSR count). The number of anilines is 1. The van der Waals surface area contributed by atoms with Crippen LogP contribution in [0, 0.1) is 0 Å². The SMILES string of the molecule is CC1CN(C(=O)Nc2ccc(=O)n(C)c2)CC2(CCC2)O1. The van der Waals surface area contributed by atoms with Crippen molar-refractivity contribution < 1.29 is 9.53 Å². The van der Waals surface area contributed by atoms with Crippen molar-refractivity contribution in [3.8, 4) is 0 Å². The summed E-state index contributed by atoms with van der Waals surface area (Å²) in [5.41, 5.74) is 0.406. The highest BCUT2D eigenvalue weighted by atomic mass is 16.5. The van der Waals surface area contributed by atoms with Crippen molar-refractivity contribution in [2.24, 2.45) is 7.05 Å². The molecule has 114 valence electrons. The number of hydrogen-bond donors (Lipinski definition) is 1. The number of carbonyl (C=O) groups excluding carboxylic acids is 1. The van der Waals surface area contributed by atoms with Gasteiger partial charge in [0, 0.05) is 25.9 Å². The normalized spacial score (nSPS) is 23.7. The number of amides is 2. The standard InChI is InChI=1S/C15H21N3O3/c1-11-8-18(10-15(21-11)6-3-7-15)14(20)16-12-4-5-13(19)17(2)9-12/h4-5,9,11H,3,6-8,10H2,1-2H3,(H,16,20). The van der Waals surface area contributed by atoms with Gasteiger partial charge in [0.1, 0.15) is 0 Å². The number of rotatable bonds is 1. The van der Waals surface area contributed by atoms with Gasteiger partial charge in [-0.1, -0.05) is 0 Å². The van der Waals surface area contributed by atoms with E-state index < -0.39 is 0 Å². The van der Waals surface area contributed by atoms with Gasteiger partial charge in [-0.05, 0) is 32.3 Å². The Morgan fingerprint density at radius 3 is 2.81 bits per heavy atom. The average molecular weight is 291 g/mol. The van der Waals surface area contributed by atoms with Gasteiger partial charge < -0.3 is 19.5 Å². The molecule has 2 amide bonds. The fraction of sp³-hybridized carbons (Fsp3) is 0.600. The molecule has 2 heterocycles. The second-order valence-electron chi connectivity index (χ2n) is 6.14. The highest BCUT2D eigenvalue weighted by Gasteiger charge is 2.45. The second-order valence-corrected chi connectivity index (χ2v) is 6.14. The lowest BCUT2D eigenvalue weighted by Gasteiger charge is -2.50. The molecule has 1 aliphatic heterocycles. The van der Waals surface area contributed by atoms with E-state index in [0.29, 0.717) is 18.8 Å². The molecule has 1 aliphatic carbocycles. The van der Waals surface area contributed by atoms with Crippen molar-refractivity contribution in [3.05, 3.63) is 28.7 Å². The van der Waals surface area contributed by atoms with Gasteiger partial charge in [0.25, 0.3) is 0 Å². The molecule has 1 spiro atoms. The van der Waals surface area contributed by atoms with Crippen LogP contribution in [0.4, 0.5) is 10.5 Å². The van der Waals surface area contributed by atoms with E-state index in [0.717, 1.165) is 12.8 Å². The van der Waals surface area contributed by atoms with Gasteiger partial charge in [-0.25, -0.2) is 4.79 Å². The summed E-state index contributed by atoms with van der Waals surface area (Å²) in [6.07, 6.45) is 4.92. The van der Waals surface area contributed by atoms with Gasteiger partial charge >= 0.3 is 6.03 Å². The lowest BCUT2D eigenvalue weighted by Crippen LogP contribution is -2.60. The summed E-state index contributed by atoms with van der Waals surface area (Å²) in [5, 5.41) is 2.86. The minimum Gasteiger partial charge on any atom is -0.368 e. The molecule has 1 aromatic heterocycles. The summed E-state index contributed by atoms with van der Waals surface area (Å²) in [6.45, 7) is 3.25. The third-order valence-corrected chi connectivity index (χ3v) is 4.30. The number of nitrogens with one attached hydrogen (secondary N) is 1. The van der Waals surface area contributed by atoms with Gasteiger partial charge in [-0.3, -0.25) is 4.79 Å². The molecule has 6 nitrogen and oxygen atoms in total. The van der Waals surface area contributed by atoms with Gasteiger partial charge in [0.05, 0.1) is 23.9 Å². The maximum Gasteiger partial charge on any atom is 0.322 e. The molecule has 1 aromatic rings. The van der Waals surface area contributed by atoms with Crippen LogP contribution in [0.5, 0.6) is 0 Å². The maximum atomic E-state index is 12.4. The number of hydrogen-bond acceptors (Lipinski definition) is 3. The van der Waals surface area contributed by atoms with Crippen LogP contribution in [0.1, 0.15) is 26.2 Å². The third-order valence-electron chi connectivity index (χ3n) is 4.30. The fourth-order valence-electron chi connectivity index (χ4n) is 3.10. The first kappa shape index (κ1) is 14.1. The quantitative estimate of drug-likeness (QED) is 0.854. The van der Waals surface area contributed by atoms with E-state index in [4.69, 9.17) is 4.74 Å². The molecular weight excluding hydrogens is 270 g/mol. The number of nitrogens with zero attached hydrogens (tertiary/aromatic N) is 2. The van der Waals surface area contributed by atoms with Crippen molar-refractivity contribution >= 4 is 11.7 Å². The molecule has 1 saturated carbocycles. The van der Waals surface area contributed by atoms with Gasteiger partial charge in [-0.2, -0.15) is 0 Å². The molecule has 0 bridgehead atoms. The molecule has 0 radical (unpaired) electrons. The third kappa shape index (κ3) is 2.81. The molecule has 1 atom stereocenters. The van der Waals surface area contributed by atoms with Crippen LogP contribution in [0.15, 0.2) is 23.1 Å². The molecule has 21 heavy (non-hydrogen) atoms. The predicted molar refractivity (Wildman–Crippen MR) is 79.4 cm³/mol. The lowest BCUT2D eigenvalue weighted by atomic mass is 9.78. The monoisotopic (exact) mass is 291 g/mol. The number of urea groups is 1. The van der Waals surface area contributed by atoms with Crippen LogP contribution in [-0.4, -0.2) is 40.3 Å². The Morgan fingerprint density at radius 2 is 2.19 bits per heavy atom.